The number of aliphatic carboxylic acids is 1. The number of carboxylic acids is 1. The smallest absolute Gasteiger partial charge is 0.407 e. The number of hydrogen-bond acceptors (Lipinski definition) is 4. The fourth-order valence-electron chi connectivity index (χ4n) is 4.68. The topological polar surface area (TPSA) is 105 Å². The fraction of sp³-hybridized carbons (Fsp3) is 0.444. The van der Waals surface area contributed by atoms with E-state index in [4.69, 9.17) is 9.84 Å². The van der Waals surface area contributed by atoms with Gasteiger partial charge in [-0.25, -0.2) is 4.79 Å². The van der Waals surface area contributed by atoms with Crippen LogP contribution in [0, 0.1) is 0 Å². The van der Waals surface area contributed by atoms with E-state index >= 15 is 0 Å². The number of rotatable bonds is 12. The van der Waals surface area contributed by atoms with Crippen molar-refractivity contribution < 1.29 is 24.2 Å². The van der Waals surface area contributed by atoms with Crippen LogP contribution in [0.15, 0.2) is 48.5 Å². The highest BCUT2D eigenvalue weighted by Gasteiger charge is 2.29. The SMILES string of the molecule is CCC[C@@H](CC(=O)O)NC(=O)C[C@H](CCC)NC(=O)OCC1c2ccccc2-c2ccccc21. The standard InChI is InChI=1S/C27H34N2O5/c1-3-9-18(15-25(30)28-19(10-4-2)16-26(31)32)29-27(33)34-17-24-22-13-7-5-11-20(22)21-12-6-8-14-23(21)24/h5-8,11-14,18-19,24H,3-4,9-10,15-17H2,1-2H3,(H,28,30)(H,29,33)(H,31,32)/t18-,19-/m0/s1. The van der Waals surface area contributed by atoms with Crippen LogP contribution >= 0.6 is 0 Å². The molecule has 182 valence electrons. The van der Waals surface area contributed by atoms with Gasteiger partial charge in [0, 0.05) is 24.4 Å². The Morgan fingerprint density at radius 3 is 1.91 bits per heavy atom. The van der Waals surface area contributed by atoms with Crippen molar-refractivity contribution in [1.29, 1.82) is 0 Å². The first-order valence-corrected chi connectivity index (χ1v) is 12.1. The van der Waals surface area contributed by atoms with Gasteiger partial charge in [-0.15, -0.1) is 0 Å². The lowest BCUT2D eigenvalue weighted by molar-refractivity contribution is -0.137. The molecule has 2 aromatic rings. The first kappa shape index (κ1) is 25.3. The first-order chi connectivity index (χ1) is 16.4. The molecule has 0 bridgehead atoms. The summed E-state index contributed by atoms with van der Waals surface area (Å²) in [5.41, 5.74) is 4.61. The third kappa shape index (κ3) is 6.59. The van der Waals surface area contributed by atoms with E-state index in [9.17, 15) is 14.4 Å². The second kappa shape index (κ2) is 12.2. The maximum absolute atomic E-state index is 12.6. The van der Waals surface area contributed by atoms with E-state index < -0.39 is 18.1 Å². The predicted molar refractivity (Wildman–Crippen MR) is 131 cm³/mol. The second-order valence-corrected chi connectivity index (χ2v) is 8.81. The Balaban J connectivity index is 1.57. The highest BCUT2D eigenvalue weighted by molar-refractivity contribution is 5.80. The number of nitrogens with one attached hydrogen (secondary N) is 2. The van der Waals surface area contributed by atoms with Crippen LogP contribution < -0.4 is 10.6 Å². The molecule has 3 rings (SSSR count). The lowest BCUT2D eigenvalue weighted by atomic mass is 9.98. The number of benzene rings is 2. The molecule has 3 N–H and O–H groups in total. The Hall–Kier alpha value is -3.35. The van der Waals surface area contributed by atoms with Gasteiger partial charge in [0.2, 0.25) is 5.91 Å². The van der Waals surface area contributed by atoms with Crippen molar-refractivity contribution in [2.24, 2.45) is 0 Å². The predicted octanol–water partition coefficient (Wildman–Crippen LogP) is 4.84. The van der Waals surface area contributed by atoms with Crippen LogP contribution in [-0.4, -0.2) is 41.8 Å². The van der Waals surface area contributed by atoms with Gasteiger partial charge in [-0.1, -0.05) is 75.2 Å². The number of carbonyl (C=O) groups is 3. The van der Waals surface area contributed by atoms with Gasteiger partial charge in [0.05, 0.1) is 6.42 Å². The normalized spacial score (nSPS) is 13.9. The maximum atomic E-state index is 12.6. The summed E-state index contributed by atoms with van der Waals surface area (Å²) in [5.74, 6) is -1.24. The summed E-state index contributed by atoms with van der Waals surface area (Å²) in [4.78, 5) is 36.2. The van der Waals surface area contributed by atoms with Crippen molar-refractivity contribution in [2.75, 3.05) is 6.61 Å². The summed E-state index contributed by atoms with van der Waals surface area (Å²) in [6, 6.07) is 15.5. The van der Waals surface area contributed by atoms with E-state index in [0.717, 1.165) is 35.1 Å². The summed E-state index contributed by atoms with van der Waals surface area (Å²) in [7, 11) is 0. The van der Waals surface area contributed by atoms with E-state index in [2.05, 4.69) is 34.9 Å². The molecule has 0 aromatic heterocycles. The minimum atomic E-state index is -0.944. The van der Waals surface area contributed by atoms with Gasteiger partial charge in [0.15, 0.2) is 0 Å². The number of fused-ring (bicyclic) bond motifs is 3. The molecule has 0 aliphatic heterocycles. The summed E-state index contributed by atoms with van der Waals surface area (Å²) < 4.78 is 5.61. The van der Waals surface area contributed by atoms with Gasteiger partial charge >= 0.3 is 12.1 Å². The minimum absolute atomic E-state index is 0.0307. The molecule has 1 aliphatic rings. The number of carbonyl (C=O) groups excluding carboxylic acids is 2. The van der Waals surface area contributed by atoms with Crippen LogP contribution in [0.25, 0.3) is 11.1 Å². The van der Waals surface area contributed by atoms with Crippen molar-refractivity contribution in [3.8, 4) is 11.1 Å². The van der Waals surface area contributed by atoms with Crippen molar-refractivity contribution >= 4 is 18.0 Å². The van der Waals surface area contributed by atoms with E-state index in [1.807, 2.05) is 38.1 Å². The third-order valence-electron chi connectivity index (χ3n) is 6.16. The molecule has 2 atom stereocenters. The number of hydrogen-bond donors (Lipinski definition) is 3. The van der Waals surface area contributed by atoms with Crippen molar-refractivity contribution in [2.45, 2.75) is 70.4 Å². The Morgan fingerprint density at radius 1 is 0.853 bits per heavy atom. The minimum Gasteiger partial charge on any atom is -0.481 e. The molecule has 34 heavy (non-hydrogen) atoms. The lowest BCUT2D eigenvalue weighted by Gasteiger charge is -2.21. The molecule has 0 unspecified atom stereocenters. The molecule has 7 nitrogen and oxygen atoms in total. The summed E-state index contributed by atoms with van der Waals surface area (Å²) >= 11 is 0. The Bertz CT molecular complexity index is 961. The zero-order valence-corrected chi connectivity index (χ0v) is 19.9. The van der Waals surface area contributed by atoms with Crippen LogP contribution in [0.4, 0.5) is 4.79 Å². The average Bonchev–Trinajstić information content (AvgIpc) is 3.11. The number of carboxylic acid groups (broad SMARTS) is 1. The van der Waals surface area contributed by atoms with E-state index in [-0.39, 0.29) is 37.3 Å². The monoisotopic (exact) mass is 466 g/mol. The average molecular weight is 467 g/mol. The second-order valence-electron chi connectivity index (χ2n) is 8.81. The zero-order valence-electron chi connectivity index (χ0n) is 19.9. The third-order valence-corrected chi connectivity index (χ3v) is 6.16. The molecule has 7 heteroatoms. The quantitative estimate of drug-likeness (QED) is 0.415. The van der Waals surface area contributed by atoms with E-state index in [0.29, 0.717) is 12.8 Å². The van der Waals surface area contributed by atoms with Crippen molar-refractivity contribution in [3.05, 3.63) is 59.7 Å². The first-order valence-electron chi connectivity index (χ1n) is 12.1. The van der Waals surface area contributed by atoms with Gasteiger partial charge in [0.1, 0.15) is 6.61 Å². The van der Waals surface area contributed by atoms with Crippen molar-refractivity contribution in [1.82, 2.24) is 10.6 Å². The van der Waals surface area contributed by atoms with E-state index in [1.54, 1.807) is 0 Å². The Labute approximate surface area is 200 Å². The van der Waals surface area contributed by atoms with Crippen LogP contribution in [-0.2, 0) is 14.3 Å². The van der Waals surface area contributed by atoms with E-state index in [1.165, 1.54) is 0 Å². The summed E-state index contributed by atoms with van der Waals surface area (Å²) in [5, 5.41) is 14.7. The number of amides is 2. The highest BCUT2D eigenvalue weighted by atomic mass is 16.5. The molecule has 0 saturated heterocycles. The van der Waals surface area contributed by atoms with Gasteiger partial charge in [-0.3, -0.25) is 9.59 Å². The molecule has 2 amide bonds. The van der Waals surface area contributed by atoms with Gasteiger partial charge in [0.25, 0.3) is 0 Å². The zero-order chi connectivity index (χ0) is 24.5. The molecular formula is C27H34N2O5. The molecular weight excluding hydrogens is 432 g/mol. The lowest BCUT2D eigenvalue weighted by Crippen LogP contribution is -2.42. The Kier molecular flexibility index (Phi) is 9.08. The molecule has 0 saturated carbocycles. The van der Waals surface area contributed by atoms with Crippen molar-refractivity contribution in [3.63, 3.8) is 0 Å². The van der Waals surface area contributed by atoms with Gasteiger partial charge in [-0.2, -0.15) is 0 Å². The van der Waals surface area contributed by atoms with Crippen LogP contribution in [0.2, 0.25) is 0 Å². The van der Waals surface area contributed by atoms with Crippen LogP contribution in [0.5, 0.6) is 0 Å². The summed E-state index contributed by atoms with van der Waals surface area (Å²) in [6.07, 6.45) is 2.19. The summed E-state index contributed by atoms with van der Waals surface area (Å²) in [6.45, 7) is 4.14. The largest absolute Gasteiger partial charge is 0.481 e. The fourth-order valence-corrected chi connectivity index (χ4v) is 4.68. The molecule has 0 spiro atoms. The maximum Gasteiger partial charge on any atom is 0.407 e. The molecule has 0 radical (unpaired) electrons. The molecule has 0 fully saturated rings. The van der Waals surface area contributed by atoms with Crippen LogP contribution in [0.1, 0.15) is 69.4 Å². The number of ether oxygens (including phenoxy) is 1. The molecule has 0 heterocycles. The Morgan fingerprint density at radius 2 is 1.38 bits per heavy atom. The molecule has 1 aliphatic carbocycles. The highest BCUT2D eigenvalue weighted by Crippen LogP contribution is 2.44. The van der Waals surface area contributed by atoms with Gasteiger partial charge < -0.3 is 20.5 Å². The van der Waals surface area contributed by atoms with Crippen LogP contribution in [0.3, 0.4) is 0 Å². The molecule has 2 aromatic carbocycles. The number of alkyl carbamates (subject to hydrolysis) is 1. The van der Waals surface area contributed by atoms with Gasteiger partial charge in [-0.05, 0) is 35.1 Å².